The molecule has 1 aliphatic heterocycles. The number of carbonyl (C=O) groups excluding carboxylic acids is 1. The molecule has 108 valence electrons. The molecule has 2 fully saturated rings. The first kappa shape index (κ1) is 14.3. The molecule has 0 radical (unpaired) electrons. The number of rotatable bonds is 5. The molecule has 0 aromatic rings. The Kier molecular flexibility index (Phi) is 4.80. The third-order valence-electron chi connectivity index (χ3n) is 4.40. The van der Waals surface area contributed by atoms with Gasteiger partial charge in [0.05, 0.1) is 0 Å². The van der Waals surface area contributed by atoms with Gasteiger partial charge in [0.1, 0.15) is 6.04 Å². The Balaban J connectivity index is 2.04. The van der Waals surface area contributed by atoms with Crippen LogP contribution in [0.5, 0.6) is 0 Å². The van der Waals surface area contributed by atoms with Gasteiger partial charge in [-0.2, -0.15) is 0 Å². The summed E-state index contributed by atoms with van der Waals surface area (Å²) in [5.74, 6) is -0.477. The maximum atomic E-state index is 12.3. The number of carbonyl (C=O) groups is 2. The van der Waals surface area contributed by atoms with Gasteiger partial charge in [-0.3, -0.25) is 4.79 Å². The van der Waals surface area contributed by atoms with Crippen molar-refractivity contribution >= 4 is 11.9 Å². The molecule has 5 nitrogen and oxygen atoms in total. The highest BCUT2D eigenvalue weighted by Gasteiger charge is 2.47. The van der Waals surface area contributed by atoms with Crippen LogP contribution in [0, 0.1) is 5.92 Å². The third-order valence-corrected chi connectivity index (χ3v) is 4.40. The van der Waals surface area contributed by atoms with Crippen LogP contribution in [0.1, 0.15) is 44.9 Å². The molecule has 0 aromatic heterocycles. The summed E-state index contributed by atoms with van der Waals surface area (Å²) in [5, 5.41) is 9.33. The maximum Gasteiger partial charge on any atom is 0.326 e. The highest BCUT2D eigenvalue weighted by Crippen LogP contribution is 2.40. The molecule has 2 aliphatic rings. The van der Waals surface area contributed by atoms with Crippen molar-refractivity contribution in [2.75, 3.05) is 13.7 Å². The summed E-state index contributed by atoms with van der Waals surface area (Å²) in [7, 11) is 1.61. The average Bonchev–Trinajstić information content (AvgIpc) is 2.78. The van der Waals surface area contributed by atoms with Crippen LogP contribution in [0.15, 0.2) is 0 Å². The van der Waals surface area contributed by atoms with Gasteiger partial charge in [-0.15, -0.1) is 0 Å². The molecule has 1 N–H and O–H groups in total. The summed E-state index contributed by atoms with van der Waals surface area (Å²) in [6.07, 6.45) is 5.99. The Hall–Kier alpha value is -1.10. The van der Waals surface area contributed by atoms with E-state index < -0.39 is 12.0 Å². The molecule has 1 amide bonds. The number of carboxylic acid groups (broad SMARTS) is 1. The van der Waals surface area contributed by atoms with Gasteiger partial charge in [0, 0.05) is 26.2 Å². The Morgan fingerprint density at radius 1 is 1.32 bits per heavy atom. The Labute approximate surface area is 113 Å². The van der Waals surface area contributed by atoms with Crippen molar-refractivity contribution in [3.05, 3.63) is 0 Å². The normalized spacial score (nSPS) is 30.2. The smallest absolute Gasteiger partial charge is 0.326 e. The summed E-state index contributed by atoms with van der Waals surface area (Å²) < 4.78 is 4.95. The predicted octanol–water partition coefficient (Wildman–Crippen LogP) is 1.66. The van der Waals surface area contributed by atoms with Gasteiger partial charge in [-0.1, -0.05) is 12.8 Å². The maximum absolute atomic E-state index is 12.3. The number of ether oxygens (including phenoxy) is 1. The third kappa shape index (κ3) is 3.08. The van der Waals surface area contributed by atoms with Crippen LogP contribution in [-0.4, -0.2) is 47.7 Å². The van der Waals surface area contributed by atoms with Gasteiger partial charge in [0.2, 0.25) is 5.91 Å². The van der Waals surface area contributed by atoms with E-state index in [0.29, 0.717) is 31.8 Å². The molecule has 0 unspecified atom stereocenters. The molecule has 19 heavy (non-hydrogen) atoms. The van der Waals surface area contributed by atoms with Gasteiger partial charge in [0.15, 0.2) is 0 Å². The van der Waals surface area contributed by atoms with Crippen molar-refractivity contribution in [1.29, 1.82) is 0 Å². The molecular formula is C14H23NO4. The average molecular weight is 269 g/mol. The second-order valence-electron chi connectivity index (χ2n) is 5.60. The van der Waals surface area contributed by atoms with Crippen LogP contribution in [-0.2, 0) is 14.3 Å². The van der Waals surface area contributed by atoms with E-state index in [1.54, 1.807) is 12.0 Å². The van der Waals surface area contributed by atoms with E-state index in [2.05, 4.69) is 0 Å². The zero-order valence-electron chi connectivity index (χ0n) is 11.5. The zero-order chi connectivity index (χ0) is 13.8. The quantitative estimate of drug-likeness (QED) is 0.771. The van der Waals surface area contributed by atoms with E-state index in [1.807, 2.05) is 0 Å². The van der Waals surface area contributed by atoms with Crippen LogP contribution in [0.2, 0.25) is 0 Å². The highest BCUT2D eigenvalue weighted by atomic mass is 16.5. The summed E-state index contributed by atoms with van der Waals surface area (Å²) in [5.41, 5.74) is 0. The fraction of sp³-hybridized carbons (Fsp3) is 0.857. The number of methoxy groups -OCH3 is 1. The predicted molar refractivity (Wildman–Crippen MR) is 69.7 cm³/mol. The minimum absolute atomic E-state index is 0.0150. The first-order valence-corrected chi connectivity index (χ1v) is 7.18. The highest BCUT2D eigenvalue weighted by molar-refractivity contribution is 5.84. The molecule has 0 bridgehead atoms. The van der Waals surface area contributed by atoms with Gasteiger partial charge in [-0.25, -0.2) is 4.79 Å². The number of hydrogen-bond donors (Lipinski definition) is 1. The summed E-state index contributed by atoms with van der Waals surface area (Å²) in [6, 6.07) is -0.451. The van der Waals surface area contributed by atoms with Crippen molar-refractivity contribution in [3.8, 4) is 0 Å². The monoisotopic (exact) mass is 269 g/mol. The van der Waals surface area contributed by atoms with Gasteiger partial charge in [0.25, 0.3) is 0 Å². The van der Waals surface area contributed by atoms with Crippen molar-refractivity contribution in [1.82, 2.24) is 4.90 Å². The molecule has 1 saturated heterocycles. The molecule has 1 heterocycles. The summed E-state index contributed by atoms with van der Waals surface area (Å²) in [6.45, 7) is 0.547. The number of aliphatic carboxylic acids is 1. The molecule has 1 saturated carbocycles. The number of likely N-dealkylation sites (tertiary alicyclic amines) is 1. The molecular weight excluding hydrogens is 246 g/mol. The fourth-order valence-corrected chi connectivity index (χ4v) is 3.54. The minimum atomic E-state index is -0.852. The van der Waals surface area contributed by atoms with Gasteiger partial charge >= 0.3 is 5.97 Å². The number of amides is 1. The lowest BCUT2D eigenvalue weighted by Crippen LogP contribution is -2.46. The van der Waals surface area contributed by atoms with Crippen LogP contribution in [0.25, 0.3) is 0 Å². The van der Waals surface area contributed by atoms with E-state index in [-0.39, 0.29) is 11.9 Å². The first-order valence-electron chi connectivity index (χ1n) is 7.18. The number of hydrogen-bond acceptors (Lipinski definition) is 3. The van der Waals surface area contributed by atoms with Crippen molar-refractivity contribution in [2.24, 2.45) is 5.92 Å². The second-order valence-corrected chi connectivity index (χ2v) is 5.60. The first-order chi connectivity index (χ1) is 9.15. The summed E-state index contributed by atoms with van der Waals surface area (Å²) in [4.78, 5) is 25.3. The van der Waals surface area contributed by atoms with E-state index in [0.717, 1.165) is 19.3 Å². The number of fused-ring (bicyclic) bond motifs is 1. The molecule has 5 heteroatoms. The van der Waals surface area contributed by atoms with Crippen molar-refractivity contribution < 1.29 is 19.4 Å². The second kappa shape index (κ2) is 6.37. The SMILES string of the molecule is COCCCC(=O)N1[C@@H]2CCCC[C@H]2C[C@H]1C(=O)O. The minimum Gasteiger partial charge on any atom is -0.480 e. The van der Waals surface area contributed by atoms with E-state index in [9.17, 15) is 14.7 Å². The van der Waals surface area contributed by atoms with E-state index in [4.69, 9.17) is 4.74 Å². The fourth-order valence-electron chi connectivity index (χ4n) is 3.54. The Morgan fingerprint density at radius 3 is 2.74 bits per heavy atom. The van der Waals surface area contributed by atoms with Crippen molar-refractivity contribution in [2.45, 2.75) is 57.0 Å². The lowest BCUT2D eigenvalue weighted by atomic mass is 9.84. The number of nitrogens with zero attached hydrogens (tertiary/aromatic N) is 1. The molecule has 1 aliphatic carbocycles. The van der Waals surface area contributed by atoms with Gasteiger partial charge in [-0.05, 0) is 31.6 Å². The summed E-state index contributed by atoms with van der Waals surface area (Å²) >= 11 is 0. The molecule has 2 rings (SSSR count). The standard InChI is InChI=1S/C14H23NO4/c1-19-8-4-7-13(16)15-11-6-3-2-5-10(11)9-12(15)14(17)18/h10-12H,2-9H2,1H3,(H,17,18)/t10-,11+,12-/m0/s1. The molecule has 0 aromatic carbocycles. The largest absolute Gasteiger partial charge is 0.480 e. The van der Waals surface area contributed by atoms with Crippen LogP contribution in [0.3, 0.4) is 0 Å². The topological polar surface area (TPSA) is 66.8 Å². The van der Waals surface area contributed by atoms with E-state index in [1.165, 1.54) is 6.42 Å². The Morgan fingerprint density at radius 2 is 2.05 bits per heavy atom. The van der Waals surface area contributed by atoms with Crippen LogP contribution >= 0.6 is 0 Å². The Bertz CT molecular complexity index is 344. The molecule has 3 atom stereocenters. The van der Waals surface area contributed by atoms with Crippen molar-refractivity contribution in [3.63, 3.8) is 0 Å². The lowest BCUT2D eigenvalue weighted by molar-refractivity contribution is -0.150. The molecule has 0 spiro atoms. The zero-order valence-corrected chi connectivity index (χ0v) is 11.5. The van der Waals surface area contributed by atoms with Gasteiger partial charge < -0.3 is 14.7 Å². The van der Waals surface area contributed by atoms with Crippen LogP contribution in [0.4, 0.5) is 0 Å². The number of carboxylic acids is 1. The van der Waals surface area contributed by atoms with Crippen LogP contribution < -0.4 is 0 Å². The lowest BCUT2D eigenvalue weighted by Gasteiger charge is -2.33. The van der Waals surface area contributed by atoms with E-state index >= 15 is 0 Å².